The van der Waals surface area contributed by atoms with Crippen molar-refractivity contribution in [3.63, 3.8) is 0 Å². The molecule has 1 nitrogen and oxygen atoms in total. The molecule has 1 radical (unpaired) electrons. The Bertz CT molecular complexity index is 448. The monoisotopic (exact) mass is 218 g/mol. The summed E-state index contributed by atoms with van der Waals surface area (Å²) in [4.78, 5) is 0. The van der Waals surface area contributed by atoms with Crippen LogP contribution in [0.4, 0.5) is 14.5 Å². The lowest BCUT2D eigenvalue weighted by Crippen LogP contribution is -2.03. The lowest BCUT2D eigenvalue weighted by Gasteiger charge is -2.08. The largest absolute Gasteiger partial charge is 0.376 e. The molecule has 0 aliphatic carbocycles. The van der Waals surface area contributed by atoms with Crippen molar-refractivity contribution in [2.45, 2.75) is 6.54 Å². The van der Waals surface area contributed by atoms with E-state index in [1.807, 2.05) is 12.1 Å². The third-order valence-corrected chi connectivity index (χ3v) is 2.22. The van der Waals surface area contributed by atoms with Crippen molar-refractivity contribution in [1.82, 2.24) is 0 Å². The van der Waals surface area contributed by atoms with Gasteiger partial charge in [-0.15, -0.1) is 0 Å². The van der Waals surface area contributed by atoms with E-state index in [0.717, 1.165) is 5.56 Å². The summed E-state index contributed by atoms with van der Waals surface area (Å²) in [5, 5.41) is 2.73. The van der Waals surface area contributed by atoms with Crippen molar-refractivity contribution >= 4 is 5.69 Å². The first-order valence-corrected chi connectivity index (χ1v) is 4.90. The Morgan fingerprint density at radius 1 is 1.00 bits per heavy atom. The highest BCUT2D eigenvalue weighted by molar-refractivity contribution is 5.46. The average molecular weight is 218 g/mol. The van der Waals surface area contributed by atoms with Crippen LogP contribution in [0.15, 0.2) is 42.5 Å². The van der Waals surface area contributed by atoms with Gasteiger partial charge in [0.2, 0.25) is 0 Å². The Hall–Kier alpha value is -1.90. The molecule has 0 saturated carbocycles. The maximum atomic E-state index is 13.2. The van der Waals surface area contributed by atoms with Crippen LogP contribution < -0.4 is 5.32 Å². The van der Waals surface area contributed by atoms with Crippen molar-refractivity contribution in [3.05, 3.63) is 65.7 Å². The molecule has 0 bridgehead atoms. The Balaban J connectivity index is 2.11. The number of rotatable bonds is 3. The van der Waals surface area contributed by atoms with E-state index in [1.54, 1.807) is 12.1 Å². The molecule has 0 fully saturated rings. The highest BCUT2D eigenvalue weighted by Gasteiger charge is 2.06. The fraction of sp³-hybridized carbons (Fsp3) is 0.0769. The fourth-order valence-electron chi connectivity index (χ4n) is 1.40. The van der Waals surface area contributed by atoms with E-state index in [4.69, 9.17) is 0 Å². The van der Waals surface area contributed by atoms with E-state index in [0.29, 0.717) is 6.54 Å². The van der Waals surface area contributed by atoms with Gasteiger partial charge in [0.15, 0.2) is 0 Å². The van der Waals surface area contributed by atoms with Crippen LogP contribution in [0, 0.1) is 17.7 Å². The van der Waals surface area contributed by atoms with Gasteiger partial charge in [-0.25, -0.2) is 8.78 Å². The number of halogens is 2. The van der Waals surface area contributed by atoms with Crippen LogP contribution in [0.2, 0.25) is 0 Å². The molecule has 0 atom stereocenters. The van der Waals surface area contributed by atoms with E-state index >= 15 is 0 Å². The number of para-hydroxylation sites is 1. The van der Waals surface area contributed by atoms with Crippen LogP contribution in [0.1, 0.15) is 5.56 Å². The summed E-state index contributed by atoms with van der Waals surface area (Å²) < 4.78 is 26.5. The van der Waals surface area contributed by atoms with Crippen LogP contribution >= 0.6 is 0 Å². The Kier molecular flexibility index (Phi) is 3.15. The highest BCUT2D eigenvalue weighted by atomic mass is 19.1. The molecular weight excluding hydrogens is 208 g/mol. The second kappa shape index (κ2) is 4.75. The van der Waals surface area contributed by atoms with Crippen LogP contribution in [0.3, 0.4) is 0 Å². The minimum Gasteiger partial charge on any atom is -0.376 e. The Labute approximate surface area is 92.7 Å². The molecule has 2 rings (SSSR count). The van der Waals surface area contributed by atoms with Crippen LogP contribution in [-0.2, 0) is 6.54 Å². The molecule has 0 aliphatic heterocycles. The number of benzene rings is 2. The molecule has 0 unspecified atom stereocenters. The van der Waals surface area contributed by atoms with Crippen molar-refractivity contribution in [3.8, 4) is 0 Å². The van der Waals surface area contributed by atoms with Crippen molar-refractivity contribution in [1.29, 1.82) is 0 Å². The summed E-state index contributed by atoms with van der Waals surface area (Å²) >= 11 is 0. The number of hydrogen-bond donors (Lipinski definition) is 1. The zero-order valence-corrected chi connectivity index (χ0v) is 8.50. The Morgan fingerprint density at radius 3 is 2.25 bits per heavy atom. The van der Waals surface area contributed by atoms with Gasteiger partial charge in [0.25, 0.3) is 0 Å². The van der Waals surface area contributed by atoms with Crippen molar-refractivity contribution in [2.24, 2.45) is 0 Å². The highest BCUT2D eigenvalue weighted by Crippen LogP contribution is 2.18. The van der Waals surface area contributed by atoms with Gasteiger partial charge < -0.3 is 5.32 Å². The van der Waals surface area contributed by atoms with Crippen LogP contribution in [0.5, 0.6) is 0 Å². The topological polar surface area (TPSA) is 12.0 Å². The smallest absolute Gasteiger partial charge is 0.149 e. The van der Waals surface area contributed by atoms with Gasteiger partial charge in [0.05, 0.1) is 0 Å². The van der Waals surface area contributed by atoms with E-state index in [-0.39, 0.29) is 5.69 Å². The molecule has 0 spiro atoms. The van der Waals surface area contributed by atoms with Gasteiger partial charge >= 0.3 is 0 Å². The van der Waals surface area contributed by atoms with Gasteiger partial charge in [-0.2, -0.15) is 0 Å². The second-order valence-electron chi connectivity index (χ2n) is 3.36. The van der Waals surface area contributed by atoms with E-state index in [2.05, 4.69) is 11.4 Å². The quantitative estimate of drug-likeness (QED) is 0.832. The first-order chi connectivity index (χ1) is 7.77. The fourth-order valence-corrected chi connectivity index (χ4v) is 1.40. The standard InChI is InChI=1S/C13H10F2N/c14-11-7-4-8-12(15)13(11)16-9-10-5-2-1-3-6-10/h2-8,16H,9H2. The molecule has 0 aliphatic rings. The third kappa shape index (κ3) is 2.37. The van der Waals surface area contributed by atoms with Gasteiger partial charge in [-0.1, -0.05) is 30.3 Å². The molecule has 0 aromatic heterocycles. The van der Waals surface area contributed by atoms with E-state index < -0.39 is 11.6 Å². The van der Waals surface area contributed by atoms with Crippen molar-refractivity contribution < 1.29 is 8.78 Å². The second-order valence-corrected chi connectivity index (χ2v) is 3.36. The van der Waals surface area contributed by atoms with Gasteiger partial charge in [0, 0.05) is 6.54 Å². The summed E-state index contributed by atoms with van der Waals surface area (Å²) in [6.07, 6.45) is 0. The molecule has 0 amide bonds. The zero-order chi connectivity index (χ0) is 11.4. The minimum absolute atomic E-state index is 0.0877. The number of anilines is 1. The molecule has 2 aromatic rings. The molecule has 2 aromatic carbocycles. The average Bonchev–Trinajstić information content (AvgIpc) is 2.30. The maximum absolute atomic E-state index is 13.2. The van der Waals surface area contributed by atoms with Gasteiger partial charge in [0.1, 0.15) is 17.3 Å². The Morgan fingerprint density at radius 2 is 1.62 bits per heavy atom. The predicted octanol–water partition coefficient (Wildman–Crippen LogP) is 3.38. The first-order valence-electron chi connectivity index (χ1n) is 4.90. The van der Waals surface area contributed by atoms with Crippen molar-refractivity contribution in [2.75, 3.05) is 5.32 Å². The van der Waals surface area contributed by atoms with Crippen LogP contribution in [0.25, 0.3) is 0 Å². The third-order valence-electron chi connectivity index (χ3n) is 2.22. The van der Waals surface area contributed by atoms with E-state index in [9.17, 15) is 8.78 Å². The predicted molar refractivity (Wildman–Crippen MR) is 59.0 cm³/mol. The number of hydrogen-bond acceptors (Lipinski definition) is 1. The lowest BCUT2D eigenvalue weighted by molar-refractivity contribution is 0.588. The normalized spacial score (nSPS) is 10.1. The first kappa shape index (κ1) is 10.6. The lowest BCUT2D eigenvalue weighted by atomic mass is 10.2. The summed E-state index contributed by atoms with van der Waals surface area (Å²) in [6, 6.07) is 13.9. The zero-order valence-electron chi connectivity index (χ0n) is 8.50. The summed E-state index contributed by atoms with van der Waals surface area (Å²) in [6.45, 7) is 0.381. The minimum atomic E-state index is -0.581. The SMILES string of the molecule is Fc1cccc(F)c1NCc1cc[c]cc1. The van der Waals surface area contributed by atoms with E-state index in [1.165, 1.54) is 18.2 Å². The molecule has 81 valence electrons. The molecule has 0 heterocycles. The number of nitrogens with one attached hydrogen (secondary N) is 1. The molecule has 16 heavy (non-hydrogen) atoms. The summed E-state index contributed by atoms with van der Waals surface area (Å²) in [5.74, 6) is -1.16. The summed E-state index contributed by atoms with van der Waals surface area (Å²) in [7, 11) is 0. The van der Waals surface area contributed by atoms with Crippen LogP contribution in [-0.4, -0.2) is 0 Å². The molecular formula is C13H10F2N. The molecule has 3 heteroatoms. The maximum Gasteiger partial charge on any atom is 0.149 e. The van der Waals surface area contributed by atoms with Gasteiger partial charge in [-0.3, -0.25) is 0 Å². The molecule has 0 saturated heterocycles. The molecule has 1 N–H and O–H groups in total. The van der Waals surface area contributed by atoms with Gasteiger partial charge in [-0.05, 0) is 23.8 Å². The summed E-state index contributed by atoms with van der Waals surface area (Å²) in [5.41, 5.74) is 0.858.